The fourth-order valence-corrected chi connectivity index (χ4v) is 5.12. The van der Waals surface area contributed by atoms with Crippen molar-refractivity contribution >= 4 is 16.7 Å². The normalized spacial score (nSPS) is 11.3. The largest absolute Gasteiger partial charge is 0.493 e. The van der Waals surface area contributed by atoms with Crippen LogP contribution >= 0.6 is 0 Å². The third kappa shape index (κ3) is 4.16. The summed E-state index contributed by atoms with van der Waals surface area (Å²) < 4.78 is 21.2. The maximum absolute atomic E-state index is 6.04. The summed E-state index contributed by atoms with van der Waals surface area (Å²) >= 11 is 0. The predicted molar refractivity (Wildman–Crippen MR) is 152 cm³/mol. The quantitative estimate of drug-likeness (QED) is 0.220. The lowest BCUT2D eigenvalue weighted by Gasteiger charge is -2.11. The molecule has 8 heteroatoms. The van der Waals surface area contributed by atoms with Crippen LogP contribution in [0.1, 0.15) is 11.6 Å². The zero-order chi connectivity index (χ0) is 26.9. The molecule has 3 aromatic carbocycles. The Bertz CT molecular complexity index is 1910. The van der Waals surface area contributed by atoms with E-state index in [2.05, 4.69) is 28.8 Å². The number of furan rings is 1. The molecule has 0 bridgehead atoms. The minimum Gasteiger partial charge on any atom is -0.493 e. The van der Waals surface area contributed by atoms with Gasteiger partial charge in [-0.15, -0.1) is 5.10 Å². The number of para-hydroxylation sites is 2. The summed E-state index contributed by atoms with van der Waals surface area (Å²) in [6, 6.07) is 32.1. The van der Waals surface area contributed by atoms with E-state index in [0.717, 1.165) is 39.2 Å². The van der Waals surface area contributed by atoms with Gasteiger partial charge >= 0.3 is 0 Å². The van der Waals surface area contributed by atoms with E-state index in [-0.39, 0.29) is 6.61 Å². The minimum atomic E-state index is 0.183. The van der Waals surface area contributed by atoms with E-state index in [0.29, 0.717) is 29.5 Å². The van der Waals surface area contributed by atoms with Gasteiger partial charge in [0.2, 0.25) is 0 Å². The standard InChI is InChI=1S/C32H25N5O3/c1-38-25-16-8-9-17-26(25)40-20-27-34-32-29-28(22-11-4-2-5-12-22)30(23-13-6-3-7-14-23)36(19-24-15-10-18-39-24)31(29)33-21-37(32)35-27/h2-18,21H,19-20H2,1H3. The first-order valence-corrected chi connectivity index (χ1v) is 13.0. The molecular weight excluding hydrogens is 502 g/mol. The summed E-state index contributed by atoms with van der Waals surface area (Å²) in [5.41, 5.74) is 5.71. The molecule has 0 aliphatic rings. The lowest BCUT2D eigenvalue weighted by Crippen LogP contribution is -2.03. The molecule has 0 N–H and O–H groups in total. The van der Waals surface area contributed by atoms with Gasteiger partial charge in [0.25, 0.3) is 0 Å². The van der Waals surface area contributed by atoms with Gasteiger partial charge in [-0.05, 0) is 35.4 Å². The number of methoxy groups -OCH3 is 1. The van der Waals surface area contributed by atoms with Crippen molar-refractivity contribution in [3.8, 4) is 33.9 Å². The van der Waals surface area contributed by atoms with E-state index in [4.69, 9.17) is 29.0 Å². The van der Waals surface area contributed by atoms with Crippen LogP contribution in [0.5, 0.6) is 11.5 Å². The van der Waals surface area contributed by atoms with Gasteiger partial charge in [-0.2, -0.15) is 0 Å². The lowest BCUT2D eigenvalue weighted by atomic mass is 9.99. The van der Waals surface area contributed by atoms with Crippen molar-refractivity contribution in [1.82, 2.24) is 24.1 Å². The summed E-state index contributed by atoms with van der Waals surface area (Å²) in [7, 11) is 1.62. The number of benzene rings is 3. The molecule has 0 saturated heterocycles. The van der Waals surface area contributed by atoms with Crippen LogP contribution in [0.25, 0.3) is 39.1 Å². The zero-order valence-electron chi connectivity index (χ0n) is 21.8. The minimum absolute atomic E-state index is 0.183. The van der Waals surface area contributed by atoms with E-state index >= 15 is 0 Å². The number of hydrogen-bond acceptors (Lipinski definition) is 6. The van der Waals surface area contributed by atoms with Crippen molar-refractivity contribution in [2.45, 2.75) is 13.2 Å². The molecule has 0 aliphatic carbocycles. The highest BCUT2D eigenvalue weighted by Gasteiger charge is 2.25. The van der Waals surface area contributed by atoms with Crippen molar-refractivity contribution in [2.75, 3.05) is 7.11 Å². The number of fused-ring (bicyclic) bond motifs is 3. The first kappa shape index (κ1) is 23.7. The third-order valence-corrected chi connectivity index (χ3v) is 6.85. The van der Waals surface area contributed by atoms with Crippen LogP contribution in [0.2, 0.25) is 0 Å². The Morgan fingerprint density at radius 1 is 0.775 bits per heavy atom. The maximum atomic E-state index is 6.04. The molecule has 0 aliphatic heterocycles. The number of rotatable bonds is 8. The van der Waals surface area contributed by atoms with E-state index in [9.17, 15) is 0 Å². The molecule has 0 atom stereocenters. The molecular formula is C32H25N5O3. The monoisotopic (exact) mass is 527 g/mol. The smallest absolute Gasteiger partial charge is 0.189 e. The zero-order valence-corrected chi connectivity index (χ0v) is 21.8. The molecule has 4 aromatic heterocycles. The fraction of sp³-hybridized carbons (Fsp3) is 0.0938. The van der Waals surface area contributed by atoms with Crippen molar-refractivity contribution in [2.24, 2.45) is 0 Å². The third-order valence-electron chi connectivity index (χ3n) is 6.85. The molecule has 196 valence electrons. The Balaban J connectivity index is 1.45. The van der Waals surface area contributed by atoms with E-state index < -0.39 is 0 Å². The summed E-state index contributed by atoms with van der Waals surface area (Å²) in [5, 5.41) is 5.62. The number of hydrogen-bond donors (Lipinski definition) is 0. The molecule has 0 radical (unpaired) electrons. The molecule has 8 nitrogen and oxygen atoms in total. The lowest BCUT2D eigenvalue weighted by molar-refractivity contribution is 0.276. The predicted octanol–water partition coefficient (Wildman–Crippen LogP) is 6.64. The Morgan fingerprint density at radius 3 is 2.23 bits per heavy atom. The SMILES string of the molecule is COc1ccccc1OCc1nc2c3c(-c4ccccc4)c(-c4ccccc4)n(Cc4ccco4)c3ncn2n1. The van der Waals surface area contributed by atoms with Crippen LogP contribution in [-0.2, 0) is 13.2 Å². The van der Waals surface area contributed by atoms with E-state index in [1.54, 1.807) is 24.2 Å². The van der Waals surface area contributed by atoms with Gasteiger partial charge in [-0.1, -0.05) is 72.8 Å². The Hall–Kier alpha value is -5.37. The molecule has 4 heterocycles. The highest BCUT2D eigenvalue weighted by Crippen LogP contribution is 2.42. The van der Waals surface area contributed by atoms with Crippen molar-refractivity contribution in [3.63, 3.8) is 0 Å². The molecule has 7 aromatic rings. The average molecular weight is 528 g/mol. The Kier molecular flexibility index (Phi) is 5.97. The van der Waals surface area contributed by atoms with Crippen LogP contribution in [0, 0.1) is 0 Å². The van der Waals surface area contributed by atoms with Gasteiger partial charge in [0.15, 0.2) is 23.0 Å². The summed E-state index contributed by atoms with van der Waals surface area (Å²) in [6.45, 7) is 0.699. The first-order valence-electron chi connectivity index (χ1n) is 13.0. The summed E-state index contributed by atoms with van der Waals surface area (Å²) in [5.74, 6) is 2.67. The number of aromatic nitrogens is 5. The first-order chi connectivity index (χ1) is 19.8. The average Bonchev–Trinajstić information content (AvgIpc) is 3.75. The van der Waals surface area contributed by atoms with E-state index in [1.165, 1.54) is 0 Å². The fourth-order valence-electron chi connectivity index (χ4n) is 5.12. The van der Waals surface area contributed by atoms with Crippen LogP contribution in [0.15, 0.2) is 114 Å². The maximum Gasteiger partial charge on any atom is 0.189 e. The van der Waals surface area contributed by atoms with Gasteiger partial charge in [-0.3, -0.25) is 0 Å². The number of nitrogens with zero attached hydrogens (tertiary/aromatic N) is 5. The summed E-state index contributed by atoms with van der Waals surface area (Å²) in [4.78, 5) is 9.85. The molecule has 0 saturated carbocycles. The van der Waals surface area contributed by atoms with Crippen molar-refractivity contribution < 1.29 is 13.9 Å². The van der Waals surface area contributed by atoms with Gasteiger partial charge < -0.3 is 18.5 Å². The molecule has 0 amide bonds. The summed E-state index contributed by atoms with van der Waals surface area (Å²) in [6.07, 6.45) is 3.40. The van der Waals surface area contributed by atoms with Crippen molar-refractivity contribution in [1.29, 1.82) is 0 Å². The second kappa shape index (κ2) is 10.1. The van der Waals surface area contributed by atoms with Crippen LogP contribution in [-0.4, -0.2) is 31.3 Å². The van der Waals surface area contributed by atoms with Crippen molar-refractivity contribution in [3.05, 3.63) is 121 Å². The Labute approximate surface area is 230 Å². The van der Waals surface area contributed by atoms with Crippen LogP contribution in [0.4, 0.5) is 0 Å². The van der Waals surface area contributed by atoms with Crippen LogP contribution < -0.4 is 9.47 Å². The molecule has 7 rings (SSSR count). The second-order valence-electron chi connectivity index (χ2n) is 9.30. The van der Waals surface area contributed by atoms with Gasteiger partial charge in [0.1, 0.15) is 24.3 Å². The van der Waals surface area contributed by atoms with Gasteiger partial charge in [0, 0.05) is 5.56 Å². The number of ether oxygens (including phenoxy) is 2. The molecule has 0 unspecified atom stereocenters. The van der Waals surface area contributed by atoms with Crippen LogP contribution in [0.3, 0.4) is 0 Å². The highest BCUT2D eigenvalue weighted by molar-refractivity contribution is 6.09. The Morgan fingerprint density at radius 2 is 1.50 bits per heavy atom. The highest BCUT2D eigenvalue weighted by atomic mass is 16.5. The molecule has 40 heavy (non-hydrogen) atoms. The van der Waals surface area contributed by atoms with Gasteiger partial charge in [0.05, 0.1) is 31.0 Å². The molecule has 0 fully saturated rings. The topological polar surface area (TPSA) is 79.6 Å². The molecule has 0 spiro atoms. The van der Waals surface area contributed by atoms with Gasteiger partial charge in [-0.25, -0.2) is 14.5 Å². The van der Waals surface area contributed by atoms with E-state index in [1.807, 2.05) is 72.8 Å². The second-order valence-corrected chi connectivity index (χ2v) is 9.30.